The summed E-state index contributed by atoms with van der Waals surface area (Å²) in [5, 5.41) is 0. The summed E-state index contributed by atoms with van der Waals surface area (Å²) in [4.78, 5) is 0. The van der Waals surface area contributed by atoms with Gasteiger partial charge in [0.25, 0.3) is 0 Å². The zero-order chi connectivity index (χ0) is 12.3. The normalized spacial score (nSPS) is 13.9. The van der Waals surface area contributed by atoms with E-state index in [1.807, 2.05) is 0 Å². The molecular formula is C14H24N2. The van der Waals surface area contributed by atoms with Gasteiger partial charge in [-0.25, -0.2) is 0 Å². The van der Waals surface area contributed by atoms with Crippen LogP contribution >= 0.6 is 0 Å². The van der Waals surface area contributed by atoms with Crippen molar-refractivity contribution >= 4 is 0 Å². The molecule has 0 spiro atoms. The molecule has 0 bridgehead atoms. The molecule has 1 rings (SSSR count). The second kappa shape index (κ2) is 4.98. The molecule has 90 valence electrons. The Hall–Kier alpha value is -0.860. The molecule has 1 aromatic carbocycles. The van der Waals surface area contributed by atoms with Gasteiger partial charge in [0.15, 0.2) is 0 Å². The quantitative estimate of drug-likeness (QED) is 0.607. The number of rotatable bonds is 3. The van der Waals surface area contributed by atoms with Crippen molar-refractivity contribution in [3.63, 3.8) is 0 Å². The molecule has 16 heavy (non-hydrogen) atoms. The molecule has 2 nitrogen and oxygen atoms in total. The lowest BCUT2D eigenvalue weighted by Gasteiger charge is -2.30. The summed E-state index contributed by atoms with van der Waals surface area (Å²) in [6.07, 6.45) is 0.975. The average molecular weight is 220 g/mol. The zero-order valence-corrected chi connectivity index (χ0v) is 11.1. The number of aryl methyl sites for hydroxylation is 2. The maximum absolute atomic E-state index is 5.63. The van der Waals surface area contributed by atoms with Crippen molar-refractivity contribution in [2.75, 3.05) is 0 Å². The monoisotopic (exact) mass is 220 g/mol. The SMILES string of the molecule is Cc1cc(C)cc(CC(NN)C(C)(C)C)c1. The van der Waals surface area contributed by atoms with Crippen molar-refractivity contribution in [2.24, 2.45) is 11.3 Å². The van der Waals surface area contributed by atoms with Crippen LogP contribution in [-0.2, 0) is 6.42 Å². The summed E-state index contributed by atoms with van der Waals surface area (Å²) in [5.41, 5.74) is 7.10. The Labute approximate surface area is 99.2 Å². The topological polar surface area (TPSA) is 38.0 Å². The molecule has 0 saturated carbocycles. The van der Waals surface area contributed by atoms with Crippen LogP contribution in [0.2, 0.25) is 0 Å². The fourth-order valence-electron chi connectivity index (χ4n) is 2.04. The summed E-state index contributed by atoms with van der Waals surface area (Å²) in [6.45, 7) is 10.9. The van der Waals surface area contributed by atoms with E-state index in [0.29, 0.717) is 6.04 Å². The molecule has 0 aliphatic rings. The van der Waals surface area contributed by atoms with Gasteiger partial charge in [-0.1, -0.05) is 50.1 Å². The first kappa shape index (κ1) is 13.2. The third-order valence-electron chi connectivity index (χ3n) is 2.97. The molecule has 0 radical (unpaired) electrons. The molecule has 0 heterocycles. The first-order chi connectivity index (χ1) is 7.32. The summed E-state index contributed by atoms with van der Waals surface area (Å²) in [5.74, 6) is 5.63. The van der Waals surface area contributed by atoms with E-state index in [1.54, 1.807) is 0 Å². The van der Waals surface area contributed by atoms with Gasteiger partial charge in [0.05, 0.1) is 0 Å². The van der Waals surface area contributed by atoms with Crippen molar-refractivity contribution in [3.05, 3.63) is 34.9 Å². The average Bonchev–Trinajstić information content (AvgIpc) is 2.10. The van der Waals surface area contributed by atoms with Gasteiger partial charge < -0.3 is 0 Å². The van der Waals surface area contributed by atoms with Gasteiger partial charge in [-0.3, -0.25) is 11.3 Å². The van der Waals surface area contributed by atoms with Crippen LogP contribution in [0, 0.1) is 19.3 Å². The Balaban J connectivity index is 2.86. The summed E-state index contributed by atoms with van der Waals surface area (Å²) in [6, 6.07) is 6.98. The van der Waals surface area contributed by atoms with Crippen LogP contribution in [0.15, 0.2) is 18.2 Å². The van der Waals surface area contributed by atoms with Gasteiger partial charge in [0, 0.05) is 6.04 Å². The number of nitrogens with one attached hydrogen (secondary N) is 1. The van der Waals surface area contributed by atoms with Crippen LogP contribution in [0.25, 0.3) is 0 Å². The van der Waals surface area contributed by atoms with Crippen LogP contribution in [0.1, 0.15) is 37.5 Å². The lowest BCUT2D eigenvalue weighted by atomic mass is 9.83. The van der Waals surface area contributed by atoms with Gasteiger partial charge in [-0.15, -0.1) is 0 Å². The molecule has 1 atom stereocenters. The molecule has 1 aromatic rings. The highest BCUT2D eigenvalue weighted by Gasteiger charge is 2.23. The van der Waals surface area contributed by atoms with Crippen molar-refractivity contribution in [2.45, 2.75) is 47.1 Å². The smallest absolute Gasteiger partial charge is 0.0299 e. The van der Waals surface area contributed by atoms with Gasteiger partial charge in [0.1, 0.15) is 0 Å². The highest BCUT2D eigenvalue weighted by Crippen LogP contribution is 2.22. The van der Waals surface area contributed by atoms with Gasteiger partial charge in [0.2, 0.25) is 0 Å². The molecule has 0 aromatic heterocycles. The van der Waals surface area contributed by atoms with Crippen LogP contribution in [0.3, 0.4) is 0 Å². The molecule has 0 aliphatic carbocycles. The second-order valence-corrected chi connectivity index (χ2v) is 5.79. The number of hydrogen-bond donors (Lipinski definition) is 2. The maximum Gasteiger partial charge on any atom is 0.0299 e. The molecule has 1 unspecified atom stereocenters. The van der Waals surface area contributed by atoms with Crippen LogP contribution in [0.5, 0.6) is 0 Å². The maximum atomic E-state index is 5.63. The summed E-state index contributed by atoms with van der Waals surface area (Å²) < 4.78 is 0. The van der Waals surface area contributed by atoms with Crippen LogP contribution in [-0.4, -0.2) is 6.04 Å². The Kier molecular flexibility index (Phi) is 4.11. The molecule has 0 fully saturated rings. The van der Waals surface area contributed by atoms with Crippen molar-refractivity contribution in [1.82, 2.24) is 5.43 Å². The van der Waals surface area contributed by atoms with Crippen molar-refractivity contribution in [3.8, 4) is 0 Å². The highest BCUT2D eigenvalue weighted by molar-refractivity contribution is 5.29. The molecule has 3 N–H and O–H groups in total. The van der Waals surface area contributed by atoms with Gasteiger partial charge in [-0.05, 0) is 31.2 Å². The van der Waals surface area contributed by atoms with E-state index < -0.39 is 0 Å². The summed E-state index contributed by atoms with van der Waals surface area (Å²) in [7, 11) is 0. The van der Waals surface area contributed by atoms with E-state index in [-0.39, 0.29) is 5.41 Å². The number of hydrogen-bond acceptors (Lipinski definition) is 2. The highest BCUT2D eigenvalue weighted by atomic mass is 15.2. The van der Waals surface area contributed by atoms with Crippen molar-refractivity contribution in [1.29, 1.82) is 0 Å². The van der Waals surface area contributed by atoms with Crippen LogP contribution < -0.4 is 11.3 Å². The third-order valence-corrected chi connectivity index (χ3v) is 2.97. The number of benzene rings is 1. The zero-order valence-electron chi connectivity index (χ0n) is 11.1. The minimum Gasteiger partial charge on any atom is -0.271 e. The number of hydrazine groups is 1. The Bertz CT molecular complexity index is 330. The molecule has 0 amide bonds. The Morgan fingerprint density at radius 3 is 2.00 bits per heavy atom. The Morgan fingerprint density at radius 2 is 1.62 bits per heavy atom. The lowest BCUT2D eigenvalue weighted by Crippen LogP contribution is -2.45. The molecule has 2 heteroatoms. The first-order valence-electron chi connectivity index (χ1n) is 5.86. The van der Waals surface area contributed by atoms with E-state index in [1.165, 1.54) is 16.7 Å². The molecule has 0 saturated heterocycles. The standard InChI is InChI=1S/C14H24N2/c1-10-6-11(2)8-12(7-10)9-13(16-15)14(3,4)5/h6-8,13,16H,9,15H2,1-5H3. The van der Waals surface area contributed by atoms with Crippen LogP contribution in [0.4, 0.5) is 0 Å². The fourth-order valence-corrected chi connectivity index (χ4v) is 2.04. The van der Waals surface area contributed by atoms with E-state index in [4.69, 9.17) is 5.84 Å². The third kappa shape index (κ3) is 3.62. The van der Waals surface area contributed by atoms with E-state index in [9.17, 15) is 0 Å². The van der Waals surface area contributed by atoms with Gasteiger partial charge >= 0.3 is 0 Å². The molecular weight excluding hydrogens is 196 g/mol. The van der Waals surface area contributed by atoms with E-state index in [0.717, 1.165) is 6.42 Å². The van der Waals surface area contributed by atoms with Gasteiger partial charge in [-0.2, -0.15) is 0 Å². The van der Waals surface area contributed by atoms with Crippen molar-refractivity contribution < 1.29 is 0 Å². The van der Waals surface area contributed by atoms with E-state index in [2.05, 4.69) is 58.2 Å². The molecule has 0 aliphatic heterocycles. The Morgan fingerprint density at radius 1 is 1.12 bits per heavy atom. The fraction of sp³-hybridized carbons (Fsp3) is 0.571. The second-order valence-electron chi connectivity index (χ2n) is 5.79. The summed E-state index contributed by atoms with van der Waals surface area (Å²) >= 11 is 0. The largest absolute Gasteiger partial charge is 0.271 e. The predicted octanol–water partition coefficient (Wildman–Crippen LogP) is 2.72. The first-order valence-corrected chi connectivity index (χ1v) is 5.86. The number of nitrogens with two attached hydrogens (primary N) is 1. The lowest BCUT2D eigenvalue weighted by molar-refractivity contribution is 0.269. The van der Waals surface area contributed by atoms with E-state index >= 15 is 0 Å². The predicted molar refractivity (Wildman–Crippen MR) is 70.2 cm³/mol. The minimum absolute atomic E-state index is 0.173. The minimum atomic E-state index is 0.173.